The van der Waals surface area contributed by atoms with E-state index >= 15 is 0 Å². The minimum absolute atomic E-state index is 0.0575. The first-order chi connectivity index (χ1) is 9.92. The van der Waals surface area contributed by atoms with E-state index in [0.29, 0.717) is 11.8 Å². The molecule has 0 saturated heterocycles. The van der Waals surface area contributed by atoms with Gasteiger partial charge in [-0.1, -0.05) is 46.8 Å². The van der Waals surface area contributed by atoms with Crippen LogP contribution in [0.4, 0.5) is 0 Å². The number of aliphatic hydroxyl groups excluding tert-OH is 1. The second kappa shape index (κ2) is 8.23. The molecule has 0 aromatic heterocycles. The lowest BCUT2D eigenvalue weighted by Gasteiger charge is -2.21. The summed E-state index contributed by atoms with van der Waals surface area (Å²) in [7, 11) is 0. The number of hydrogen-bond donors (Lipinski definition) is 1. The molecule has 0 aliphatic rings. The fourth-order valence-corrected chi connectivity index (χ4v) is 2.34. The number of allylic oxidation sites excluding steroid dienone is 1. The highest BCUT2D eigenvalue weighted by molar-refractivity contribution is 5.72. The first-order valence-electron chi connectivity index (χ1n) is 8.00. The van der Waals surface area contributed by atoms with Gasteiger partial charge in [-0.15, -0.1) is 0 Å². The van der Waals surface area contributed by atoms with Gasteiger partial charge in [-0.3, -0.25) is 0 Å². The monoisotopic (exact) mass is 290 g/mol. The van der Waals surface area contributed by atoms with E-state index < -0.39 is 0 Å². The highest BCUT2D eigenvalue weighted by Crippen LogP contribution is 2.37. The second-order valence-corrected chi connectivity index (χ2v) is 6.21. The van der Waals surface area contributed by atoms with Gasteiger partial charge in [0.05, 0.1) is 13.2 Å². The van der Waals surface area contributed by atoms with Crippen molar-refractivity contribution < 1.29 is 9.84 Å². The van der Waals surface area contributed by atoms with Gasteiger partial charge in [0, 0.05) is 5.56 Å². The fourth-order valence-electron chi connectivity index (χ4n) is 2.34. The lowest BCUT2D eigenvalue weighted by atomic mass is 9.89. The van der Waals surface area contributed by atoms with Gasteiger partial charge in [-0.2, -0.15) is 0 Å². The maximum Gasteiger partial charge on any atom is 0.130 e. The summed E-state index contributed by atoms with van der Waals surface area (Å²) < 4.78 is 6.06. The van der Waals surface area contributed by atoms with Gasteiger partial charge in [-0.05, 0) is 47.9 Å². The first kappa shape index (κ1) is 17.8. The van der Waals surface area contributed by atoms with Crippen molar-refractivity contribution in [1.82, 2.24) is 0 Å². The Morgan fingerprint density at radius 3 is 2.33 bits per heavy atom. The Balaban J connectivity index is 3.49. The molecule has 0 unspecified atom stereocenters. The zero-order chi connectivity index (χ0) is 16.0. The molecule has 0 aliphatic heterocycles. The van der Waals surface area contributed by atoms with Gasteiger partial charge in [0.1, 0.15) is 5.75 Å². The predicted molar refractivity (Wildman–Crippen MR) is 91.1 cm³/mol. The minimum atomic E-state index is 0.0575. The summed E-state index contributed by atoms with van der Waals surface area (Å²) in [6.45, 7) is 13.8. The van der Waals surface area contributed by atoms with Crippen LogP contribution >= 0.6 is 0 Å². The Morgan fingerprint density at radius 2 is 1.86 bits per heavy atom. The van der Waals surface area contributed by atoms with Crippen LogP contribution in [0.15, 0.2) is 18.2 Å². The summed E-state index contributed by atoms with van der Waals surface area (Å²) in [6, 6.07) is 4.49. The Bertz CT molecular complexity index is 485. The second-order valence-electron chi connectivity index (χ2n) is 6.21. The Hall–Kier alpha value is -1.28. The summed E-state index contributed by atoms with van der Waals surface area (Å²) >= 11 is 0. The molecule has 0 heterocycles. The smallest absolute Gasteiger partial charge is 0.130 e. The maximum absolute atomic E-state index is 9.20. The molecule has 0 fully saturated rings. The summed E-state index contributed by atoms with van der Waals surface area (Å²) in [6.07, 6.45) is 2.84. The normalized spacial score (nSPS) is 12.3. The van der Waals surface area contributed by atoms with Crippen LogP contribution in [-0.2, 0) is 0 Å². The minimum Gasteiger partial charge on any atom is -0.493 e. The number of hydrogen-bond acceptors (Lipinski definition) is 2. The number of rotatable bonds is 7. The van der Waals surface area contributed by atoms with Gasteiger partial charge < -0.3 is 9.84 Å². The van der Waals surface area contributed by atoms with Gasteiger partial charge in [0.2, 0.25) is 0 Å². The largest absolute Gasteiger partial charge is 0.493 e. The Morgan fingerprint density at radius 1 is 1.19 bits per heavy atom. The molecule has 0 bridgehead atoms. The third-order valence-corrected chi connectivity index (χ3v) is 3.70. The van der Waals surface area contributed by atoms with E-state index in [1.165, 1.54) is 11.1 Å². The SMILES string of the molecule is CCCOc1c(/C(C)=C\CO)cc(C(C)C)cc1C(C)C. The van der Waals surface area contributed by atoms with Crippen LogP contribution in [0.3, 0.4) is 0 Å². The van der Waals surface area contributed by atoms with Gasteiger partial charge >= 0.3 is 0 Å². The van der Waals surface area contributed by atoms with Crippen LogP contribution < -0.4 is 4.74 Å². The third kappa shape index (κ3) is 4.60. The fraction of sp³-hybridized carbons (Fsp3) is 0.579. The number of aliphatic hydroxyl groups is 1. The van der Waals surface area contributed by atoms with Crippen molar-refractivity contribution in [3.63, 3.8) is 0 Å². The van der Waals surface area contributed by atoms with E-state index in [-0.39, 0.29) is 6.61 Å². The molecular weight excluding hydrogens is 260 g/mol. The number of benzene rings is 1. The van der Waals surface area contributed by atoms with E-state index in [9.17, 15) is 5.11 Å². The van der Waals surface area contributed by atoms with Crippen LogP contribution in [0.5, 0.6) is 5.75 Å². The zero-order valence-corrected chi connectivity index (χ0v) is 14.4. The molecule has 2 heteroatoms. The van der Waals surface area contributed by atoms with Crippen molar-refractivity contribution in [2.75, 3.05) is 13.2 Å². The van der Waals surface area contributed by atoms with Crippen LogP contribution in [-0.4, -0.2) is 18.3 Å². The molecule has 0 saturated carbocycles. The topological polar surface area (TPSA) is 29.5 Å². The highest BCUT2D eigenvalue weighted by atomic mass is 16.5. The molecule has 0 spiro atoms. The summed E-state index contributed by atoms with van der Waals surface area (Å²) in [5, 5.41) is 9.20. The molecule has 0 amide bonds. The van der Waals surface area contributed by atoms with Gasteiger partial charge in [-0.25, -0.2) is 0 Å². The molecule has 1 aromatic rings. The molecule has 1 rings (SSSR count). The molecule has 21 heavy (non-hydrogen) atoms. The van der Waals surface area contributed by atoms with Crippen molar-refractivity contribution in [2.45, 2.75) is 59.8 Å². The summed E-state index contributed by atoms with van der Waals surface area (Å²) in [5.74, 6) is 1.87. The van der Waals surface area contributed by atoms with Crippen molar-refractivity contribution >= 4 is 5.57 Å². The van der Waals surface area contributed by atoms with E-state index in [2.05, 4.69) is 46.8 Å². The van der Waals surface area contributed by atoms with Crippen LogP contribution in [0.1, 0.15) is 76.5 Å². The quantitative estimate of drug-likeness (QED) is 0.755. The predicted octanol–water partition coefficient (Wildman–Crippen LogP) is 5.12. The van der Waals surface area contributed by atoms with Crippen LogP contribution in [0, 0.1) is 0 Å². The molecule has 118 valence electrons. The first-order valence-corrected chi connectivity index (χ1v) is 8.00. The standard InChI is InChI=1S/C19H30O2/c1-7-10-21-19-17(14(4)5)11-16(13(2)3)12-18(19)15(6)8-9-20/h8,11-14,20H,7,9-10H2,1-6H3/b15-8-. The van der Waals surface area contributed by atoms with Crippen molar-refractivity contribution in [2.24, 2.45) is 0 Å². The van der Waals surface area contributed by atoms with E-state index in [1.54, 1.807) is 0 Å². The van der Waals surface area contributed by atoms with E-state index in [4.69, 9.17) is 4.74 Å². The molecular formula is C19H30O2. The maximum atomic E-state index is 9.20. The lowest BCUT2D eigenvalue weighted by Crippen LogP contribution is -2.05. The lowest BCUT2D eigenvalue weighted by molar-refractivity contribution is 0.312. The van der Waals surface area contributed by atoms with Crippen molar-refractivity contribution in [1.29, 1.82) is 0 Å². The highest BCUT2D eigenvalue weighted by Gasteiger charge is 2.17. The van der Waals surface area contributed by atoms with Crippen molar-refractivity contribution in [3.8, 4) is 5.75 Å². The molecule has 1 N–H and O–H groups in total. The Labute approximate surface area is 129 Å². The Kier molecular flexibility index (Phi) is 6.97. The molecule has 0 radical (unpaired) electrons. The van der Waals surface area contributed by atoms with Crippen molar-refractivity contribution in [3.05, 3.63) is 34.9 Å². The third-order valence-electron chi connectivity index (χ3n) is 3.70. The van der Waals surface area contributed by atoms with Crippen LogP contribution in [0.25, 0.3) is 5.57 Å². The molecule has 0 atom stereocenters. The average Bonchev–Trinajstić information content (AvgIpc) is 2.44. The summed E-state index contributed by atoms with van der Waals surface area (Å²) in [5.41, 5.74) is 4.78. The summed E-state index contributed by atoms with van der Waals surface area (Å²) in [4.78, 5) is 0. The molecule has 2 nitrogen and oxygen atoms in total. The molecule has 1 aromatic carbocycles. The average molecular weight is 290 g/mol. The van der Waals surface area contributed by atoms with Gasteiger partial charge in [0.15, 0.2) is 0 Å². The number of ether oxygens (including phenoxy) is 1. The van der Waals surface area contributed by atoms with E-state index in [0.717, 1.165) is 29.9 Å². The van der Waals surface area contributed by atoms with Gasteiger partial charge in [0.25, 0.3) is 0 Å². The molecule has 0 aliphatic carbocycles. The zero-order valence-electron chi connectivity index (χ0n) is 14.4. The van der Waals surface area contributed by atoms with Crippen LogP contribution in [0.2, 0.25) is 0 Å². The van der Waals surface area contributed by atoms with E-state index in [1.807, 2.05) is 13.0 Å².